The van der Waals surface area contributed by atoms with Crippen molar-refractivity contribution in [1.29, 1.82) is 0 Å². The van der Waals surface area contributed by atoms with E-state index in [2.05, 4.69) is 42.2 Å². The molecule has 2 aromatic rings. The molecule has 1 aromatic heterocycles. The van der Waals surface area contributed by atoms with E-state index in [9.17, 15) is 9.18 Å². The van der Waals surface area contributed by atoms with Gasteiger partial charge in [-0.1, -0.05) is 37.9 Å². The predicted molar refractivity (Wildman–Crippen MR) is 106 cm³/mol. The van der Waals surface area contributed by atoms with Gasteiger partial charge in [0.1, 0.15) is 11.9 Å². The number of methoxy groups -OCH3 is 1. The van der Waals surface area contributed by atoms with Crippen molar-refractivity contribution in [3.05, 3.63) is 61.4 Å². The Balaban J connectivity index is 2.17. The average molecular weight is 503 g/mol. The molecule has 1 atom stereocenters. The van der Waals surface area contributed by atoms with E-state index in [-0.39, 0.29) is 5.82 Å². The van der Waals surface area contributed by atoms with Gasteiger partial charge in [-0.2, -0.15) is 0 Å². The third-order valence-electron chi connectivity index (χ3n) is 3.74. The van der Waals surface area contributed by atoms with E-state index in [4.69, 9.17) is 9.73 Å². The molecular weight excluding hydrogens is 489 g/mol. The molecule has 2 heterocycles. The van der Waals surface area contributed by atoms with Crippen LogP contribution in [0.5, 0.6) is 0 Å². The molecule has 1 aliphatic heterocycles. The van der Waals surface area contributed by atoms with E-state index >= 15 is 0 Å². The molecule has 26 heavy (non-hydrogen) atoms. The lowest BCUT2D eigenvalue weighted by Gasteiger charge is -2.26. The van der Waals surface area contributed by atoms with Gasteiger partial charge in [-0.25, -0.2) is 14.2 Å². The van der Waals surface area contributed by atoms with E-state index in [0.717, 1.165) is 5.69 Å². The molecule has 0 saturated carbocycles. The fourth-order valence-corrected chi connectivity index (χ4v) is 4.33. The van der Waals surface area contributed by atoms with E-state index in [1.807, 2.05) is 12.3 Å². The quantitative estimate of drug-likeness (QED) is 0.501. The summed E-state index contributed by atoms with van der Waals surface area (Å²) in [7, 11) is 1.32. The zero-order chi connectivity index (χ0) is 18.8. The number of carbonyl (C=O) groups is 1. The minimum Gasteiger partial charge on any atom is -0.466 e. The van der Waals surface area contributed by atoms with Crippen molar-refractivity contribution in [2.45, 2.75) is 13.0 Å². The summed E-state index contributed by atoms with van der Waals surface area (Å²) in [5, 5.41) is 6.21. The molecule has 9 heteroatoms. The number of hydrogen-bond acceptors (Lipinski definition) is 6. The van der Waals surface area contributed by atoms with Crippen LogP contribution in [0.25, 0.3) is 0 Å². The smallest absolute Gasteiger partial charge is 0.338 e. The highest BCUT2D eigenvalue weighted by Crippen LogP contribution is 2.37. The fourth-order valence-electron chi connectivity index (χ4n) is 2.57. The Hall–Kier alpha value is -1.58. The number of esters is 1. The second kappa shape index (κ2) is 7.98. The summed E-state index contributed by atoms with van der Waals surface area (Å²) in [6.45, 7) is 1.90. The van der Waals surface area contributed by atoms with Gasteiger partial charge in [0.2, 0.25) is 0 Å². The fraction of sp³-hybridized carbons (Fsp3) is 0.235. The molecule has 1 N–H and O–H groups in total. The Morgan fingerprint density at radius 1 is 1.46 bits per heavy atom. The summed E-state index contributed by atoms with van der Waals surface area (Å²) in [6.07, 6.45) is 0. The third-order valence-corrected chi connectivity index (χ3v) is 5.96. The summed E-state index contributed by atoms with van der Waals surface area (Å²) >= 11 is 8.24. The number of aromatic nitrogens is 1. The third kappa shape index (κ3) is 3.74. The standard InChI is InChI=1S/C17H14Br2FN3O2S/c1-8-7-26-16(21-8)15-22-12(6-18)13(17(24)25-2)14(23-15)10-4-3-9(20)5-11(10)19/h3-5,7,14H,6H2,1-2H3,(H,22,23). The first kappa shape index (κ1) is 19.2. The highest BCUT2D eigenvalue weighted by atomic mass is 79.9. The second-order valence-electron chi connectivity index (χ2n) is 5.48. The number of nitrogens with one attached hydrogen (secondary N) is 1. The molecule has 3 rings (SSSR count). The zero-order valence-corrected chi connectivity index (χ0v) is 17.8. The maximum atomic E-state index is 13.5. The number of carbonyl (C=O) groups excluding carboxylic acids is 1. The largest absolute Gasteiger partial charge is 0.466 e. The SMILES string of the molecule is COC(=O)C1=C(CBr)NC(c2nc(C)cs2)=NC1c1ccc(F)cc1Br. The number of thiazole rings is 1. The molecule has 0 spiro atoms. The van der Waals surface area contributed by atoms with Crippen LogP contribution < -0.4 is 5.32 Å². The van der Waals surface area contributed by atoms with Crippen LogP contribution in [0.1, 0.15) is 22.3 Å². The zero-order valence-electron chi connectivity index (χ0n) is 13.8. The summed E-state index contributed by atoms with van der Waals surface area (Å²) < 4.78 is 19.0. The lowest BCUT2D eigenvalue weighted by molar-refractivity contribution is -0.136. The normalized spacial score (nSPS) is 17.0. The first-order valence-corrected chi connectivity index (χ1v) is 10.3. The van der Waals surface area contributed by atoms with Crippen LogP contribution in [0.2, 0.25) is 0 Å². The minimum atomic E-state index is -0.648. The number of aryl methyl sites for hydroxylation is 1. The van der Waals surface area contributed by atoms with Crippen molar-refractivity contribution in [3.8, 4) is 0 Å². The summed E-state index contributed by atoms with van der Waals surface area (Å²) in [6, 6.07) is 3.65. The van der Waals surface area contributed by atoms with Crippen molar-refractivity contribution in [1.82, 2.24) is 10.3 Å². The van der Waals surface area contributed by atoms with E-state index in [0.29, 0.717) is 37.5 Å². The van der Waals surface area contributed by atoms with Gasteiger partial charge in [-0.05, 0) is 24.6 Å². The molecule has 0 bridgehead atoms. The van der Waals surface area contributed by atoms with Gasteiger partial charge < -0.3 is 10.1 Å². The molecule has 136 valence electrons. The van der Waals surface area contributed by atoms with Crippen LogP contribution >= 0.6 is 43.2 Å². The van der Waals surface area contributed by atoms with Crippen molar-refractivity contribution in [3.63, 3.8) is 0 Å². The van der Waals surface area contributed by atoms with Gasteiger partial charge in [0.25, 0.3) is 0 Å². The topological polar surface area (TPSA) is 63.6 Å². The maximum Gasteiger partial charge on any atom is 0.338 e. The number of benzene rings is 1. The van der Waals surface area contributed by atoms with Crippen molar-refractivity contribution in [2.75, 3.05) is 12.4 Å². The van der Waals surface area contributed by atoms with Crippen LogP contribution in [0.3, 0.4) is 0 Å². The number of nitrogens with zero attached hydrogens (tertiary/aromatic N) is 2. The Bertz CT molecular complexity index is 926. The Labute approximate surface area is 170 Å². The molecule has 5 nitrogen and oxygen atoms in total. The molecule has 0 saturated heterocycles. The van der Waals surface area contributed by atoms with Crippen molar-refractivity contribution in [2.24, 2.45) is 4.99 Å². The number of halogens is 3. The first-order chi connectivity index (χ1) is 12.4. The first-order valence-electron chi connectivity index (χ1n) is 7.54. The van der Waals surface area contributed by atoms with Crippen LogP contribution in [0, 0.1) is 12.7 Å². The lowest BCUT2D eigenvalue weighted by atomic mass is 9.96. The monoisotopic (exact) mass is 501 g/mol. The van der Waals surface area contributed by atoms with Crippen molar-refractivity contribution < 1.29 is 13.9 Å². The predicted octanol–water partition coefficient (Wildman–Crippen LogP) is 4.27. The minimum absolute atomic E-state index is 0.369. The number of aliphatic imine (C=N–C) groups is 1. The summed E-state index contributed by atoms with van der Waals surface area (Å²) in [5.41, 5.74) is 2.55. The molecular formula is C17H14Br2FN3O2S. The van der Waals surface area contributed by atoms with E-state index < -0.39 is 12.0 Å². The van der Waals surface area contributed by atoms with Crippen LogP contribution in [0.15, 0.2) is 44.3 Å². The number of alkyl halides is 1. The Morgan fingerprint density at radius 3 is 2.81 bits per heavy atom. The molecule has 1 aromatic carbocycles. The van der Waals surface area contributed by atoms with Gasteiger partial charge in [0, 0.05) is 26.6 Å². The Morgan fingerprint density at radius 2 is 2.23 bits per heavy atom. The molecule has 1 aliphatic rings. The summed E-state index contributed by atoms with van der Waals surface area (Å²) in [5.74, 6) is -0.309. The van der Waals surface area contributed by atoms with Gasteiger partial charge in [0.05, 0.1) is 12.7 Å². The van der Waals surface area contributed by atoms with Crippen molar-refractivity contribution >= 4 is 55.0 Å². The van der Waals surface area contributed by atoms with Crippen LogP contribution in [-0.2, 0) is 9.53 Å². The molecule has 1 unspecified atom stereocenters. The van der Waals surface area contributed by atoms with Gasteiger partial charge >= 0.3 is 5.97 Å². The molecule has 0 fully saturated rings. The highest BCUT2D eigenvalue weighted by molar-refractivity contribution is 9.10. The van der Waals surface area contributed by atoms with E-state index in [1.54, 1.807) is 6.07 Å². The number of ether oxygens (including phenoxy) is 1. The second-order valence-corrected chi connectivity index (χ2v) is 7.76. The highest BCUT2D eigenvalue weighted by Gasteiger charge is 2.33. The van der Waals surface area contributed by atoms with Gasteiger partial charge in [-0.3, -0.25) is 4.99 Å². The Kier molecular flexibility index (Phi) is 5.89. The number of amidine groups is 1. The molecule has 0 aliphatic carbocycles. The summed E-state index contributed by atoms with van der Waals surface area (Å²) in [4.78, 5) is 21.6. The van der Waals surface area contributed by atoms with Gasteiger partial charge in [-0.15, -0.1) is 11.3 Å². The molecule has 0 amide bonds. The van der Waals surface area contributed by atoms with Crippen LogP contribution in [-0.4, -0.2) is 29.2 Å². The van der Waals surface area contributed by atoms with Crippen LogP contribution in [0.4, 0.5) is 4.39 Å². The number of rotatable bonds is 4. The maximum absolute atomic E-state index is 13.5. The lowest BCUT2D eigenvalue weighted by Crippen LogP contribution is -2.34. The molecule has 0 radical (unpaired) electrons. The number of allylic oxidation sites excluding steroid dienone is 1. The van der Waals surface area contributed by atoms with Gasteiger partial charge in [0.15, 0.2) is 10.8 Å². The van der Waals surface area contributed by atoms with E-state index in [1.165, 1.54) is 30.6 Å². The number of hydrogen-bond donors (Lipinski definition) is 1. The average Bonchev–Trinajstić information content (AvgIpc) is 3.06.